The number of esters is 1. The van der Waals surface area contributed by atoms with Gasteiger partial charge in [0, 0.05) is 19.9 Å². The second-order valence-electron chi connectivity index (χ2n) is 10.3. The largest absolute Gasteiger partial charge is 0.491 e. The maximum Gasteiger partial charge on any atom is 0.338 e. The first-order valence-electron chi connectivity index (χ1n) is 15.3. The third-order valence-electron chi connectivity index (χ3n) is 6.83. The normalized spacial score (nSPS) is 11.1. The molecular weight excluding hydrogens is 574 g/mol. The van der Waals surface area contributed by atoms with Crippen molar-refractivity contribution in [1.29, 1.82) is 0 Å². The Labute approximate surface area is 266 Å². The van der Waals surface area contributed by atoms with Gasteiger partial charge in [0.2, 0.25) is 5.91 Å². The van der Waals surface area contributed by atoms with E-state index in [1.807, 2.05) is 30.3 Å². The summed E-state index contributed by atoms with van der Waals surface area (Å²) in [6.45, 7) is 11.7. The van der Waals surface area contributed by atoms with Crippen LogP contribution in [-0.2, 0) is 27.4 Å². The predicted octanol–water partition coefficient (Wildman–Crippen LogP) is 5.34. The summed E-state index contributed by atoms with van der Waals surface area (Å²) in [6.07, 6.45) is 2.23. The lowest BCUT2D eigenvalue weighted by molar-refractivity contribution is -0.141. The molecule has 1 amide bonds. The van der Waals surface area contributed by atoms with Gasteiger partial charge < -0.3 is 35.3 Å². The minimum atomic E-state index is -1.05. The molecular formula is C35H47N3O7. The van der Waals surface area contributed by atoms with E-state index >= 15 is 0 Å². The van der Waals surface area contributed by atoms with Gasteiger partial charge in [-0.05, 0) is 61.0 Å². The number of nitrogens with zero attached hydrogens (tertiary/aromatic N) is 1. The van der Waals surface area contributed by atoms with Crippen molar-refractivity contribution in [3.05, 3.63) is 89.5 Å². The van der Waals surface area contributed by atoms with E-state index in [4.69, 9.17) is 25.1 Å². The number of benzene rings is 3. The Hall–Kier alpha value is -4.57. The van der Waals surface area contributed by atoms with Crippen LogP contribution in [0.5, 0.6) is 11.5 Å². The summed E-state index contributed by atoms with van der Waals surface area (Å²) in [5, 5.41) is 11.5. The number of amides is 1. The Morgan fingerprint density at radius 3 is 2.18 bits per heavy atom. The number of hydrogen-bond donors (Lipinski definition) is 3. The first kappa shape index (κ1) is 36.6. The maximum atomic E-state index is 12.1. The number of aliphatic carboxylic acids is 1. The van der Waals surface area contributed by atoms with Crippen molar-refractivity contribution >= 4 is 23.5 Å². The van der Waals surface area contributed by atoms with Gasteiger partial charge in [-0.15, -0.1) is 0 Å². The molecule has 10 nitrogen and oxygen atoms in total. The zero-order valence-electron chi connectivity index (χ0n) is 26.8. The van der Waals surface area contributed by atoms with E-state index < -0.39 is 12.0 Å². The van der Waals surface area contributed by atoms with Crippen LogP contribution in [0, 0.1) is 0 Å². The molecule has 3 aromatic carbocycles. The van der Waals surface area contributed by atoms with Gasteiger partial charge >= 0.3 is 11.9 Å². The number of likely N-dealkylation sites (N-methyl/N-ethyl adjacent to an activating group) is 1. The predicted molar refractivity (Wildman–Crippen MR) is 175 cm³/mol. The molecule has 10 heteroatoms. The lowest BCUT2D eigenvalue weighted by Gasteiger charge is -2.17. The zero-order valence-corrected chi connectivity index (χ0v) is 26.8. The van der Waals surface area contributed by atoms with Gasteiger partial charge in [-0.2, -0.15) is 0 Å². The number of nitrogen functional groups attached to an aromatic ring is 1. The number of nitrogens with one attached hydrogen (secondary N) is 1. The molecule has 0 aliphatic rings. The van der Waals surface area contributed by atoms with E-state index in [2.05, 4.69) is 31.0 Å². The van der Waals surface area contributed by atoms with Crippen LogP contribution in [0.1, 0.15) is 62.0 Å². The third-order valence-corrected chi connectivity index (χ3v) is 6.83. The molecule has 3 rings (SSSR count). The molecule has 0 aromatic heterocycles. The second-order valence-corrected chi connectivity index (χ2v) is 10.3. The minimum absolute atomic E-state index is 0.230. The van der Waals surface area contributed by atoms with Crippen molar-refractivity contribution in [2.45, 2.75) is 59.6 Å². The molecule has 0 saturated heterocycles. The molecule has 0 heterocycles. The minimum Gasteiger partial charge on any atom is -0.491 e. The Balaban J connectivity index is 0.000000314. The average molecular weight is 622 g/mol. The van der Waals surface area contributed by atoms with Crippen molar-refractivity contribution in [2.24, 2.45) is 0 Å². The Morgan fingerprint density at radius 1 is 0.889 bits per heavy atom. The number of rotatable bonds is 17. The second kappa shape index (κ2) is 20.4. The van der Waals surface area contributed by atoms with Gasteiger partial charge in [0.1, 0.15) is 30.8 Å². The van der Waals surface area contributed by atoms with Crippen molar-refractivity contribution in [1.82, 2.24) is 10.2 Å². The number of hydrogen-bond acceptors (Lipinski definition) is 8. The molecule has 0 unspecified atom stereocenters. The fourth-order valence-corrected chi connectivity index (χ4v) is 4.15. The molecule has 45 heavy (non-hydrogen) atoms. The third kappa shape index (κ3) is 14.2. The van der Waals surface area contributed by atoms with E-state index in [0.717, 1.165) is 43.6 Å². The Morgan fingerprint density at radius 2 is 1.58 bits per heavy atom. The molecule has 0 bridgehead atoms. The fraction of sp³-hybridized carbons (Fsp3) is 0.400. The Bertz CT molecular complexity index is 1310. The summed E-state index contributed by atoms with van der Waals surface area (Å²) < 4.78 is 16.6. The van der Waals surface area contributed by atoms with E-state index in [9.17, 15) is 14.4 Å². The quantitative estimate of drug-likeness (QED) is 0.103. The van der Waals surface area contributed by atoms with Crippen LogP contribution < -0.4 is 20.5 Å². The fourth-order valence-electron chi connectivity index (χ4n) is 4.15. The molecule has 0 spiro atoms. The summed E-state index contributed by atoms with van der Waals surface area (Å²) in [5.41, 5.74) is 8.77. The van der Waals surface area contributed by atoms with Crippen molar-refractivity contribution < 1.29 is 33.7 Å². The van der Waals surface area contributed by atoms with E-state index in [1.54, 1.807) is 42.5 Å². The lowest BCUT2D eigenvalue weighted by atomic mass is 10.1. The highest BCUT2D eigenvalue weighted by Gasteiger charge is 2.18. The number of anilines is 1. The van der Waals surface area contributed by atoms with Crippen LogP contribution in [0.4, 0.5) is 5.69 Å². The van der Waals surface area contributed by atoms with Gasteiger partial charge in [0.25, 0.3) is 0 Å². The van der Waals surface area contributed by atoms with Gasteiger partial charge in [0.05, 0.1) is 17.9 Å². The molecule has 0 saturated carbocycles. The van der Waals surface area contributed by atoms with E-state index in [-0.39, 0.29) is 18.3 Å². The van der Waals surface area contributed by atoms with E-state index in [1.165, 1.54) is 6.92 Å². The van der Waals surface area contributed by atoms with Gasteiger partial charge in [-0.25, -0.2) is 9.59 Å². The van der Waals surface area contributed by atoms with E-state index in [0.29, 0.717) is 42.6 Å². The SMILES string of the molecule is CC(=O)N[C@H](Cc1ccc(OCc2ccccc2)cc1)C(=O)O.CCCCOc1cc(C(=O)OCCN(CC)CC)ccc1N. The number of nitrogens with two attached hydrogens (primary N) is 1. The van der Waals surface area contributed by atoms with Crippen LogP contribution in [0.15, 0.2) is 72.8 Å². The average Bonchev–Trinajstić information content (AvgIpc) is 3.04. The standard InChI is InChI=1S/C18H19NO4.C17H28N2O3/c1-13(20)19-17(18(21)22)11-14-7-9-16(10-8-14)23-12-15-5-3-2-4-6-15;1-4-7-11-21-16-13-14(8-9-15(16)18)17(20)22-12-10-19(5-2)6-3/h2-10,17H,11-12H2,1H3,(H,19,20)(H,21,22);8-9,13H,4-7,10-12,18H2,1-3H3/t17-;/m1./s1. The summed E-state index contributed by atoms with van der Waals surface area (Å²) >= 11 is 0. The monoisotopic (exact) mass is 621 g/mol. The summed E-state index contributed by atoms with van der Waals surface area (Å²) in [5.74, 6) is -0.493. The van der Waals surface area contributed by atoms with Crippen molar-refractivity contribution in [2.75, 3.05) is 38.6 Å². The first-order chi connectivity index (χ1) is 21.7. The topological polar surface area (TPSA) is 140 Å². The lowest BCUT2D eigenvalue weighted by Crippen LogP contribution is -2.41. The van der Waals surface area contributed by atoms with Gasteiger partial charge in [0.15, 0.2) is 0 Å². The molecule has 0 radical (unpaired) electrons. The first-order valence-corrected chi connectivity index (χ1v) is 15.3. The van der Waals surface area contributed by atoms with Crippen LogP contribution in [0.2, 0.25) is 0 Å². The highest BCUT2D eigenvalue weighted by Crippen LogP contribution is 2.23. The van der Waals surface area contributed by atoms with Gasteiger partial charge in [-0.1, -0.05) is 69.7 Å². The summed E-state index contributed by atoms with van der Waals surface area (Å²) in [4.78, 5) is 36.4. The van der Waals surface area contributed by atoms with Crippen LogP contribution >= 0.6 is 0 Å². The Kier molecular flexibility index (Phi) is 16.6. The van der Waals surface area contributed by atoms with Crippen LogP contribution in [0.3, 0.4) is 0 Å². The molecule has 0 aliphatic carbocycles. The molecule has 0 fully saturated rings. The molecule has 244 valence electrons. The van der Waals surface area contributed by atoms with Crippen molar-refractivity contribution in [3.63, 3.8) is 0 Å². The smallest absolute Gasteiger partial charge is 0.338 e. The van der Waals surface area contributed by atoms with Gasteiger partial charge in [-0.3, -0.25) is 4.79 Å². The van der Waals surface area contributed by atoms with Crippen LogP contribution in [-0.4, -0.2) is 66.7 Å². The number of carboxylic acid groups (broad SMARTS) is 1. The summed E-state index contributed by atoms with van der Waals surface area (Å²) in [7, 11) is 0. The number of carbonyl (C=O) groups excluding carboxylic acids is 2. The molecule has 0 aliphatic heterocycles. The molecule has 1 atom stereocenters. The zero-order chi connectivity index (χ0) is 33.0. The maximum absolute atomic E-state index is 12.1. The molecule has 3 aromatic rings. The highest BCUT2D eigenvalue weighted by molar-refractivity contribution is 5.90. The summed E-state index contributed by atoms with van der Waals surface area (Å²) in [6, 6.07) is 21.1. The molecule has 4 N–H and O–H groups in total. The van der Waals surface area contributed by atoms with Crippen molar-refractivity contribution in [3.8, 4) is 11.5 Å². The van der Waals surface area contributed by atoms with Crippen LogP contribution in [0.25, 0.3) is 0 Å². The number of carboxylic acids is 1. The number of carbonyl (C=O) groups is 3. The number of ether oxygens (including phenoxy) is 3. The number of unbranched alkanes of at least 4 members (excludes halogenated alkanes) is 1. The highest BCUT2D eigenvalue weighted by atomic mass is 16.5.